The monoisotopic (exact) mass is 220 g/mol. The van der Waals surface area contributed by atoms with Crippen LogP contribution in [0.25, 0.3) is 0 Å². The molecule has 2 heterocycles. The van der Waals surface area contributed by atoms with Crippen molar-refractivity contribution in [2.45, 2.75) is 50.8 Å². The van der Waals surface area contributed by atoms with Crippen molar-refractivity contribution in [1.29, 1.82) is 0 Å². The molecule has 88 valence electrons. The number of aromatic nitrogens is 1. The van der Waals surface area contributed by atoms with Crippen LogP contribution in [0, 0.1) is 0 Å². The molecule has 1 aromatic rings. The lowest BCUT2D eigenvalue weighted by atomic mass is 9.92. The van der Waals surface area contributed by atoms with Gasteiger partial charge in [0.15, 0.2) is 0 Å². The van der Waals surface area contributed by atoms with Crippen LogP contribution in [-0.4, -0.2) is 17.3 Å². The molecule has 0 radical (unpaired) electrons. The van der Waals surface area contributed by atoms with Crippen LogP contribution in [0.15, 0.2) is 12.4 Å². The van der Waals surface area contributed by atoms with Crippen molar-refractivity contribution in [2.24, 2.45) is 5.73 Å². The quantitative estimate of drug-likeness (QED) is 0.828. The molecular formula is C13H20N2O. The highest BCUT2D eigenvalue weighted by atomic mass is 16.5. The summed E-state index contributed by atoms with van der Waals surface area (Å²) >= 11 is 0. The molecule has 1 aromatic heterocycles. The molecule has 2 unspecified atom stereocenters. The van der Waals surface area contributed by atoms with Crippen LogP contribution < -0.4 is 5.73 Å². The molecule has 0 saturated carbocycles. The predicted molar refractivity (Wildman–Crippen MR) is 63.3 cm³/mol. The van der Waals surface area contributed by atoms with Crippen LogP contribution in [-0.2, 0) is 17.7 Å². The number of aryl methyl sites for hydroxylation is 1. The molecule has 16 heavy (non-hydrogen) atoms. The zero-order valence-electron chi connectivity index (χ0n) is 9.69. The Kier molecular flexibility index (Phi) is 2.74. The summed E-state index contributed by atoms with van der Waals surface area (Å²) in [6, 6.07) is 0.259. The lowest BCUT2D eigenvalue weighted by Gasteiger charge is -2.17. The van der Waals surface area contributed by atoms with Gasteiger partial charge >= 0.3 is 0 Å². The fraction of sp³-hybridized carbons (Fsp3) is 0.692. The molecule has 1 fully saturated rings. The number of nitrogens with two attached hydrogens (primary N) is 1. The van der Waals surface area contributed by atoms with Gasteiger partial charge in [0.2, 0.25) is 0 Å². The lowest BCUT2D eigenvalue weighted by molar-refractivity contribution is 0.0970. The molecule has 0 amide bonds. The smallest absolute Gasteiger partial charge is 0.0754 e. The van der Waals surface area contributed by atoms with Gasteiger partial charge in [-0.15, -0.1) is 0 Å². The van der Waals surface area contributed by atoms with Crippen LogP contribution in [0.5, 0.6) is 0 Å². The molecule has 2 N–H and O–H groups in total. The first-order valence-corrected chi connectivity index (χ1v) is 6.38. The predicted octanol–water partition coefficient (Wildman–Crippen LogP) is 2.00. The summed E-state index contributed by atoms with van der Waals surface area (Å²) in [5.41, 5.74) is 8.94. The molecule has 0 aromatic carbocycles. The molecule has 1 aliphatic carbocycles. The molecule has 3 nitrogen and oxygen atoms in total. The molecule has 3 rings (SSSR count). The first kappa shape index (κ1) is 10.4. The van der Waals surface area contributed by atoms with Gasteiger partial charge in [-0.3, -0.25) is 0 Å². The molecule has 2 aliphatic rings. The standard InChI is InChI=1S/C13H20N2O/c14-13-5-1-3-10-7-15(9-12(10)13)8-11-4-2-6-16-11/h7,9,11,13H,1-6,8,14H2. The van der Waals surface area contributed by atoms with E-state index in [1.165, 1.54) is 36.8 Å². The minimum absolute atomic E-state index is 0.259. The van der Waals surface area contributed by atoms with Gasteiger partial charge in [0.1, 0.15) is 0 Å². The van der Waals surface area contributed by atoms with Crippen molar-refractivity contribution >= 4 is 0 Å². The Hall–Kier alpha value is -0.800. The number of ether oxygens (including phenoxy) is 1. The number of hydrogen-bond donors (Lipinski definition) is 1. The Morgan fingerprint density at radius 3 is 3.00 bits per heavy atom. The summed E-state index contributed by atoms with van der Waals surface area (Å²) in [7, 11) is 0. The molecule has 0 spiro atoms. The SMILES string of the molecule is NC1CCCc2cn(CC3CCCO3)cc21. The third-order valence-corrected chi connectivity index (χ3v) is 3.80. The largest absolute Gasteiger partial charge is 0.376 e. The van der Waals surface area contributed by atoms with E-state index < -0.39 is 0 Å². The Morgan fingerprint density at radius 1 is 1.31 bits per heavy atom. The molecule has 3 heteroatoms. The van der Waals surface area contributed by atoms with E-state index in [2.05, 4.69) is 17.0 Å². The minimum atomic E-state index is 0.259. The number of hydrogen-bond acceptors (Lipinski definition) is 2. The fourth-order valence-corrected chi connectivity index (χ4v) is 2.91. The van der Waals surface area contributed by atoms with Gasteiger partial charge in [0, 0.05) is 31.6 Å². The number of nitrogens with zero attached hydrogens (tertiary/aromatic N) is 1. The number of fused-ring (bicyclic) bond motifs is 1. The van der Waals surface area contributed by atoms with Crippen LogP contribution in [0.1, 0.15) is 42.9 Å². The fourth-order valence-electron chi connectivity index (χ4n) is 2.91. The molecular weight excluding hydrogens is 200 g/mol. The van der Waals surface area contributed by atoms with Crippen molar-refractivity contribution < 1.29 is 4.74 Å². The summed E-state index contributed by atoms with van der Waals surface area (Å²) in [5, 5.41) is 0. The first-order chi connectivity index (χ1) is 7.83. The second kappa shape index (κ2) is 4.22. The van der Waals surface area contributed by atoms with E-state index in [9.17, 15) is 0 Å². The Balaban J connectivity index is 1.75. The van der Waals surface area contributed by atoms with E-state index in [0.717, 1.165) is 19.6 Å². The average molecular weight is 220 g/mol. The van der Waals surface area contributed by atoms with Crippen molar-refractivity contribution in [3.05, 3.63) is 23.5 Å². The summed E-state index contributed by atoms with van der Waals surface area (Å²) in [6.07, 6.45) is 10.9. The van der Waals surface area contributed by atoms with Gasteiger partial charge in [0.05, 0.1) is 6.10 Å². The third kappa shape index (κ3) is 1.89. The van der Waals surface area contributed by atoms with Crippen molar-refractivity contribution in [3.63, 3.8) is 0 Å². The highest BCUT2D eigenvalue weighted by Gasteiger charge is 2.21. The van der Waals surface area contributed by atoms with Crippen LogP contribution >= 0.6 is 0 Å². The van der Waals surface area contributed by atoms with E-state index >= 15 is 0 Å². The lowest BCUT2D eigenvalue weighted by Crippen LogP contribution is -2.15. The molecule has 2 atom stereocenters. The average Bonchev–Trinajstić information content (AvgIpc) is 2.88. The van der Waals surface area contributed by atoms with Gasteiger partial charge < -0.3 is 15.0 Å². The van der Waals surface area contributed by atoms with Gasteiger partial charge in [-0.25, -0.2) is 0 Å². The second-order valence-electron chi connectivity index (χ2n) is 5.07. The van der Waals surface area contributed by atoms with E-state index in [-0.39, 0.29) is 6.04 Å². The maximum Gasteiger partial charge on any atom is 0.0754 e. The second-order valence-corrected chi connectivity index (χ2v) is 5.07. The van der Waals surface area contributed by atoms with E-state index in [1.54, 1.807) is 0 Å². The van der Waals surface area contributed by atoms with Crippen molar-refractivity contribution in [2.75, 3.05) is 6.61 Å². The zero-order valence-corrected chi connectivity index (χ0v) is 9.69. The maximum atomic E-state index is 6.12. The minimum Gasteiger partial charge on any atom is -0.376 e. The Labute approximate surface area is 96.6 Å². The van der Waals surface area contributed by atoms with Crippen molar-refractivity contribution in [1.82, 2.24) is 4.57 Å². The summed E-state index contributed by atoms with van der Waals surface area (Å²) in [4.78, 5) is 0. The van der Waals surface area contributed by atoms with E-state index in [4.69, 9.17) is 10.5 Å². The summed E-state index contributed by atoms with van der Waals surface area (Å²) in [5.74, 6) is 0. The molecule has 1 saturated heterocycles. The third-order valence-electron chi connectivity index (χ3n) is 3.80. The van der Waals surface area contributed by atoms with Gasteiger partial charge in [-0.05, 0) is 43.2 Å². The van der Waals surface area contributed by atoms with E-state index in [1.807, 2.05) is 0 Å². The van der Waals surface area contributed by atoms with Crippen molar-refractivity contribution in [3.8, 4) is 0 Å². The summed E-state index contributed by atoms with van der Waals surface area (Å²) < 4.78 is 7.95. The van der Waals surface area contributed by atoms with Gasteiger partial charge in [0.25, 0.3) is 0 Å². The molecule has 1 aliphatic heterocycles. The molecule has 0 bridgehead atoms. The van der Waals surface area contributed by atoms with Gasteiger partial charge in [-0.1, -0.05) is 0 Å². The highest BCUT2D eigenvalue weighted by molar-refractivity contribution is 5.29. The topological polar surface area (TPSA) is 40.2 Å². The Morgan fingerprint density at radius 2 is 2.25 bits per heavy atom. The highest BCUT2D eigenvalue weighted by Crippen LogP contribution is 2.29. The van der Waals surface area contributed by atoms with E-state index in [0.29, 0.717) is 6.10 Å². The normalized spacial score (nSPS) is 29.3. The van der Waals surface area contributed by atoms with Crippen LogP contribution in [0.3, 0.4) is 0 Å². The first-order valence-electron chi connectivity index (χ1n) is 6.38. The van der Waals surface area contributed by atoms with Gasteiger partial charge in [-0.2, -0.15) is 0 Å². The number of rotatable bonds is 2. The summed E-state index contributed by atoms with van der Waals surface area (Å²) in [6.45, 7) is 1.94. The van der Waals surface area contributed by atoms with Crippen LogP contribution in [0.4, 0.5) is 0 Å². The Bertz CT molecular complexity index is 366. The zero-order chi connectivity index (χ0) is 11.0. The maximum absolute atomic E-state index is 6.12. The van der Waals surface area contributed by atoms with Crippen LogP contribution in [0.2, 0.25) is 0 Å².